The van der Waals surface area contributed by atoms with Crippen LogP contribution < -0.4 is 0 Å². The summed E-state index contributed by atoms with van der Waals surface area (Å²) >= 11 is 6.05. The second-order valence-electron chi connectivity index (χ2n) is 5.97. The van der Waals surface area contributed by atoms with Crippen LogP contribution in [0.3, 0.4) is 0 Å². The van der Waals surface area contributed by atoms with Crippen molar-refractivity contribution in [3.63, 3.8) is 0 Å². The van der Waals surface area contributed by atoms with Crippen molar-refractivity contribution in [2.45, 2.75) is 18.9 Å². The Morgan fingerprint density at radius 3 is 3.04 bits per heavy atom. The Kier molecular flexibility index (Phi) is 3.58. The first kappa shape index (κ1) is 14.9. The number of carbonyl (C=O) groups is 1. The van der Waals surface area contributed by atoms with Gasteiger partial charge < -0.3 is 4.90 Å². The van der Waals surface area contributed by atoms with Gasteiger partial charge >= 0.3 is 0 Å². The van der Waals surface area contributed by atoms with Gasteiger partial charge in [-0.05, 0) is 24.1 Å². The number of hydrogen-bond donors (Lipinski definition) is 0. The molecule has 0 aromatic carbocycles. The van der Waals surface area contributed by atoms with Crippen molar-refractivity contribution in [2.75, 3.05) is 13.1 Å². The molecule has 1 saturated heterocycles. The maximum Gasteiger partial charge on any atom is 0.179 e. The Morgan fingerprint density at radius 1 is 1.42 bits per heavy atom. The minimum absolute atomic E-state index is 0.160. The lowest BCUT2D eigenvalue weighted by molar-refractivity contribution is -0.114. The summed E-state index contributed by atoms with van der Waals surface area (Å²) in [5.41, 5.74) is 2.56. The van der Waals surface area contributed by atoms with Crippen molar-refractivity contribution in [2.24, 2.45) is 0 Å². The first-order valence-corrected chi connectivity index (χ1v) is 8.11. The van der Waals surface area contributed by atoms with Crippen LogP contribution in [0.5, 0.6) is 0 Å². The molecule has 24 heavy (non-hydrogen) atoms. The predicted octanol–water partition coefficient (Wildman–Crippen LogP) is 2.24. The van der Waals surface area contributed by atoms with E-state index in [2.05, 4.69) is 21.1 Å². The van der Waals surface area contributed by atoms with Crippen LogP contribution in [-0.2, 0) is 11.2 Å². The van der Waals surface area contributed by atoms with E-state index in [0.29, 0.717) is 17.4 Å². The summed E-state index contributed by atoms with van der Waals surface area (Å²) < 4.78 is 1.93. The normalized spacial score (nSPS) is 20.2. The first-order valence-electron chi connectivity index (χ1n) is 7.74. The summed E-state index contributed by atoms with van der Waals surface area (Å²) in [5, 5.41) is 14.2. The number of nitriles is 1. The maximum atomic E-state index is 12.4. The Labute approximate surface area is 144 Å². The van der Waals surface area contributed by atoms with Crippen LogP contribution >= 0.6 is 11.6 Å². The molecule has 0 bridgehead atoms. The molecule has 1 fully saturated rings. The molecule has 0 amide bonds. The summed E-state index contributed by atoms with van der Waals surface area (Å²) in [5.74, 6) is -0.160. The Bertz CT molecular complexity index is 881. The SMILES string of the molecule is N#CC1=C(N2CC[C@@H](n3cccn3)C2)c2cc(Cl)ncc2CC1=O. The number of likely N-dealkylation sites (tertiary alicyclic amines) is 1. The van der Waals surface area contributed by atoms with Crippen LogP contribution in [0.4, 0.5) is 0 Å². The van der Waals surface area contributed by atoms with E-state index < -0.39 is 0 Å². The molecule has 2 aromatic rings. The topological polar surface area (TPSA) is 74.8 Å². The molecule has 2 aromatic heterocycles. The summed E-state index contributed by atoms with van der Waals surface area (Å²) in [7, 11) is 0. The number of carbonyl (C=O) groups excluding carboxylic acids is 1. The number of Topliss-reactive ketones (excluding diaryl/α,β-unsaturated/α-hetero) is 1. The number of rotatable bonds is 2. The van der Waals surface area contributed by atoms with Crippen LogP contribution in [-0.4, -0.2) is 38.5 Å². The van der Waals surface area contributed by atoms with Crippen molar-refractivity contribution in [1.82, 2.24) is 19.7 Å². The average molecular weight is 340 g/mol. The summed E-state index contributed by atoms with van der Waals surface area (Å²) in [6.45, 7) is 1.46. The first-order chi connectivity index (χ1) is 11.7. The zero-order valence-electron chi connectivity index (χ0n) is 12.8. The van der Waals surface area contributed by atoms with Gasteiger partial charge in [-0.1, -0.05) is 11.6 Å². The number of allylic oxidation sites excluding steroid dienone is 1. The lowest BCUT2D eigenvalue weighted by Gasteiger charge is -2.28. The third-order valence-electron chi connectivity index (χ3n) is 4.57. The molecule has 120 valence electrons. The van der Waals surface area contributed by atoms with Gasteiger partial charge in [-0.15, -0.1) is 0 Å². The quantitative estimate of drug-likeness (QED) is 0.784. The van der Waals surface area contributed by atoms with Crippen LogP contribution in [0.15, 0.2) is 36.3 Å². The fourth-order valence-corrected chi connectivity index (χ4v) is 3.61. The predicted molar refractivity (Wildman–Crippen MR) is 87.9 cm³/mol. The number of halogens is 1. The summed E-state index contributed by atoms with van der Waals surface area (Å²) in [4.78, 5) is 18.5. The van der Waals surface area contributed by atoms with Gasteiger partial charge in [0.2, 0.25) is 0 Å². The van der Waals surface area contributed by atoms with Crippen LogP contribution in [0, 0.1) is 11.3 Å². The molecule has 0 radical (unpaired) electrons. The molecule has 1 aliphatic carbocycles. The van der Waals surface area contributed by atoms with E-state index in [4.69, 9.17) is 11.6 Å². The van der Waals surface area contributed by atoms with Gasteiger partial charge in [-0.2, -0.15) is 10.4 Å². The second kappa shape index (κ2) is 5.77. The van der Waals surface area contributed by atoms with E-state index in [1.807, 2.05) is 16.9 Å². The second-order valence-corrected chi connectivity index (χ2v) is 6.36. The van der Waals surface area contributed by atoms with E-state index in [1.54, 1.807) is 18.5 Å². The van der Waals surface area contributed by atoms with Crippen molar-refractivity contribution < 1.29 is 4.79 Å². The fourth-order valence-electron chi connectivity index (χ4n) is 3.45. The molecule has 6 nitrogen and oxygen atoms in total. The number of hydrogen-bond acceptors (Lipinski definition) is 5. The molecule has 2 aliphatic rings. The van der Waals surface area contributed by atoms with Gasteiger partial charge in [0, 0.05) is 43.7 Å². The summed E-state index contributed by atoms with van der Waals surface area (Å²) in [6.07, 6.45) is 6.43. The largest absolute Gasteiger partial charge is 0.368 e. The third kappa shape index (κ3) is 2.38. The van der Waals surface area contributed by atoms with Gasteiger partial charge in [-0.3, -0.25) is 9.48 Å². The number of ketones is 1. The molecule has 0 spiro atoms. The van der Waals surface area contributed by atoms with Crippen molar-refractivity contribution in [1.29, 1.82) is 5.26 Å². The average Bonchev–Trinajstić information content (AvgIpc) is 3.25. The fraction of sp³-hybridized carbons (Fsp3) is 0.294. The molecule has 0 N–H and O–H groups in total. The zero-order chi connectivity index (χ0) is 16.7. The Morgan fingerprint density at radius 2 is 2.29 bits per heavy atom. The van der Waals surface area contributed by atoms with Crippen molar-refractivity contribution >= 4 is 23.1 Å². The number of nitrogens with zero attached hydrogens (tertiary/aromatic N) is 5. The zero-order valence-corrected chi connectivity index (χ0v) is 13.6. The lowest BCUT2D eigenvalue weighted by Crippen LogP contribution is -2.27. The molecule has 7 heteroatoms. The number of pyridine rings is 1. The van der Waals surface area contributed by atoms with Gasteiger partial charge in [0.25, 0.3) is 0 Å². The van der Waals surface area contributed by atoms with Crippen molar-refractivity contribution in [3.05, 3.63) is 52.6 Å². The molecule has 3 heterocycles. The minimum atomic E-state index is -0.160. The lowest BCUT2D eigenvalue weighted by atomic mass is 9.89. The molecular weight excluding hydrogens is 326 g/mol. The van der Waals surface area contributed by atoms with Gasteiger partial charge in [0.05, 0.1) is 11.7 Å². The van der Waals surface area contributed by atoms with Gasteiger partial charge in [0.15, 0.2) is 5.78 Å². The molecule has 1 aliphatic heterocycles. The van der Waals surface area contributed by atoms with E-state index in [-0.39, 0.29) is 23.8 Å². The highest BCUT2D eigenvalue weighted by Crippen LogP contribution is 2.36. The van der Waals surface area contributed by atoms with Gasteiger partial charge in [0.1, 0.15) is 16.8 Å². The molecule has 0 unspecified atom stereocenters. The van der Waals surface area contributed by atoms with E-state index in [1.165, 1.54) is 0 Å². The maximum absolute atomic E-state index is 12.4. The van der Waals surface area contributed by atoms with Crippen molar-refractivity contribution in [3.8, 4) is 6.07 Å². The third-order valence-corrected chi connectivity index (χ3v) is 4.77. The number of fused-ring (bicyclic) bond motifs is 1. The monoisotopic (exact) mass is 339 g/mol. The van der Waals surface area contributed by atoms with Crippen LogP contribution in [0.1, 0.15) is 23.6 Å². The number of aromatic nitrogens is 3. The van der Waals surface area contributed by atoms with Crippen LogP contribution in [0.2, 0.25) is 5.15 Å². The van der Waals surface area contributed by atoms with Gasteiger partial charge in [-0.25, -0.2) is 4.98 Å². The highest BCUT2D eigenvalue weighted by atomic mass is 35.5. The Balaban J connectivity index is 1.76. The standard InChI is InChI=1S/C17H14ClN5O/c18-16-7-13-11(9-20-16)6-15(24)14(8-19)17(13)22-5-2-12(10-22)23-4-1-3-21-23/h1,3-4,7,9,12H,2,5-6,10H2/t12-/m1/s1. The highest BCUT2D eigenvalue weighted by Gasteiger charge is 2.34. The van der Waals surface area contributed by atoms with E-state index in [0.717, 1.165) is 24.1 Å². The van der Waals surface area contributed by atoms with E-state index >= 15 is 0 Å². The minimum Gasteiger partial charge on any atom is -0.368 e. The summed E-state index contributed by atoms with van der Waals surface area (Å²) in [6, 6.07) is 5.96. The molecule has 0 saturated carbocycles. The van der Waals surface area contributed by atoms with Crippen LogP contribution in [0.25, 0.3) is 5.70 Å². The molecule has 1 atom stereocenters. The molecular formula is C17H14ClN5O. The molecule has 4 rings (SSSR count). The highest BCUT2D eigenvalue weighted by molar-refractivity contribution is 6.29. The Hall–Kier alpha value is -2.65. The van der Waals surface area contributed by atoms with E-state index in [9.17, 15) is 10.1 Å². The smallest absolute Gasteiger partial charge is 0.179 e.